The number of para-hydroxylation sites is 2. The molecule has 5 aromatic carbocycles. The van der Waals surface area contributed by atoms with Crippen molar-refractivity contribution >= 4 is 38.7 Å². The van der Waals surface area contributed by atoms with Gasteiger partial charge in [-0.25, -0.2) is 9.97 Å². The third kappa shape index (κ3) is 3.44. The number of benzene rings is 5. The van der Waals surface area contributed by atoms with Gasteiger partial charge >= 0.3 is 0 Å². The average molecular weight is 514 g/mol. The van der Waals surface area contributed by atoms with Crippen molar-refractivity contribution in [1.29, 1.82) is 0 Å². The topological polar surface area (TPSA) is 30.7 Å². The van der Waals surface area contributed by atoms with Crippen LogP contribution >= 0.6 is 0 Å². The first-order chi connectivity index (χ1) is 19.6. The molecule has 0 fully saturated rings. The predicted octanol–water partition coefficient (Wildman–Crippen LogP) is 9.37. The molecule has 0 amide bonds. The number of hydrogen-bond donors (Lipinski definition) is 0. The van der Waals surface area contributed by atoms with E-state index >= 15 is 0 Å². The zero-order valence-corrected chi connectivity index (χ0v) is 22.5. The van der Waals surface area contributed by atoms with Crippen LogP contribution in [0.1, 0.15) is 25.1 Å². The second-order valence-corrected chi connectivity index (χ2v) is 11.2. The molecule has 1 aliphatic rings. The van der Waals surface area contributed by atoms with Gasteiger partial charge in [0, 0.05) is 27.3 Å². The van der Waals surface area contributed by atoms with Crippen molar-refractivity contribution in [1.82, 2.24) is 14.5 Å². The summed E-state index contributed by atoms with van der Waals surface area (Å²) in [4.78, 5) is 10.5. The average Bonchev–Trinajstić information content (AvgIpc) is 3.50. The Hall–Kier alpha value is -5.02. The van der Waals surface area contributed by atoms with Crippen molar-refractivity contribution in [3.63, 3.8) is 0 Å². The largest absolute Gasteiger partial charge is 0.278 e. The second-order valence-electron chi connectivity index (χ2n) is 11.2. The fraction of sp³-hybridized carbons (Fsp3) is 0.0811. The first-order valence-corrected chi connectivity index (χ1v) is 13.8. The van der Waals surface area contributed by atoms with E-state index in [1.54, 1.807) is 0 Å². The van der Waals surface area contributed by atoms with E-state index < -0.39 is 0 Å². The molecule has 40 heavy (non-hydrogen) atoms. The molecule has 0 saturated heterocycles. The first kappa shape index (κ1) is 22.9. The highest BCUT2D eigenvalue weighted by atomic mass is 15.2. The summed E-state index contributed by atoms with van der Waals surface area (Å²) < 4.78 is 2.22. The van der Waals surface area contributed by atoms with E-state index in [9.17, 15) is 0 Å². The third-order valence-electron chi connectivity index (χ3n) is 8.21. The van der Waals surface area contributed by atoms with Gasteiger partial charge in [0.15, 0.2) is 0 Å². The maximum Gasteiger partial charge on any atom is 0.235 e. The summed E-state index contributed by atoms with van der Waals surface area (Å²) in [6.07, 6.45) is 4.45. The monoisotopic (exact) mass is 513 g/mol. The molecule has 0 radical (unpaired) electrons. The van der Waals surface area contributed by atoms with Crippen molar-refractivity contribution in [3.8, 4) is 28.3 Å². The highest BCUT2D eigenvalue weighted by Gasteiger charge is 2.31. The van der Waals surface area contributed by atoms with Crippen LogP contribution in [0.25, 0.3) is 67.0 Å². The van der Waals surface area contributed by atoms with Crippen LogP contribution in [0.15, 0.2) is 121 Å². The summed E-state index contributed by atoms with van der Waals surface area (Å²) in [5, 5.41) is 4.91. The van der Waals surface area contributed by atoms with E-state index in [1.807, 2.05) is 0 Å². The Morgan fingerprint density at radius 3 is 2.00 bits per heavy atom. The van der Waals surface area contributed by atoms with Gasteiger partial charge < -0.3 is 0 Å². The highest BCUT2D eigenvalue weighted by Crippen LogP contribution is 2.41. The van der Waals surface area contributed by atoms with Gasteiger partial charge in [-0.15, -0.1) is 0 Å². The smallest absolute Gasteiger partial charge is 0.235 e. The van der Waals surface area contributed by atoms with E-state index in [4.69, 9.17) is 9.97 Å². The van der Waals surface area contributed by atoms with Crippen LogP contribution in [-0.4, -0.2) is 14.5 Å². The molecule has 7 aromatic rings. The lowest BCUT2D eigenvalue weighted by Crippen LogP contribution is -2.16. The lowest BCUT2D eigenvalue weighted by atomic mass is 9.90. The molecule has 1 aliphatic carbocycles. The molecule has 3 heteroatoms. The maximum atomic E-state index is 5.31. The molecule has 3 nitrogen and oxygen atoms in total. The van der Waals surface area contributed by atoms with E-state index in [0.717, 1.165) is 33.5 Å². The van der Waals surface area contributed by atoms with E-state index in [1.165, 1.54) is 32.7 Å². The maximum absolute atomic E-state index is 5.31. The molecular weight excluding hydrogens is 486 g/mol. The minimum Gasteiger partial charge on any atom is -0.278 e. The Morgan fingerprint density at radius 1 is 0.575 bits per heavy atom. The lowest BCUT2D eigenvalue weighted by molar-refractivity contribution is 0.651. The quantitative estimate of drug-likeness (QED) is 0.236. The van der Waals surface area contributed by atoms with Gasteiger partial charge in [0.1, 0.15) is 0 Å². The molecule has 2 aromatic heterocycles. The van der Waals surface area contributed by atoms with Gasteiger partial charge in [0.2, 0.25) is 5.95 Å². The molecule has 8 rings (SSSR count). The van der Waals surface area contributed by atoms with E-state index in [2.05, 4.69) is 146 Å². The fourth-order valence-corrected chi connectivity index (χ4v) is 6.15. The third-order valence-corrected chi connectivity index (χ3v) is 8.21. The second kappa shape index (κ2) is 8.49. The summed E-state index contributed by atoms with van der Waals surface area (Å²) in [5.74, 6) is 0.707. The van der Waals surface area contributed by atoms with Gasteiger partial charge in [-0.3, -0.25) is 4.57 Å². The Morgan fingerprint density at radius 2 is 1.23 bits per heavy atom. The fourth-order valence-electron chi connectivity index (χ4n) is 6.15. The normalized spacial score (nSPS) is 13.8. The summed E-state index contributed by atoms with van der Waals surface area (Å²) in [7, 11) is 0. The molecule has 0 unspecified atom stereocenters. The number of nitrogens with zero attached hydrogens (tertiary/aromatic N) is 3. The molecule has 0 spiro atoms. The molecule has 0 atom stereocenters. The SMILES string of the molecule is CC1(C)C=Cc2c(-c3cccc(-c4ccc5ccccc5c4)c3)nc(-n3c4ccccc4c4ccccc43)nc21. The summed E-state index contributed by atoms with van der Waals surface area (Å²) >= 11 is 0. The van der Waals surface area contributed by atoms with Gasteiger partial charge in [-0.1, -0.05) is 117 Å². The zero-order chi connectivity index (χ0) is 26.8. The molecule has 2 heterocycles. The summed E-state index contributed by atoms with van der Waals surface area (Å²) in [5.41, 5.74) is 8.64. The van der Waals surface area contributed by atoms with Crippen LogP contribution in [0.2, 0.25) is 0 Å². The van der Waals surface area contributed by atoms with Crippen molar-refractivity contribution in [2.24, 2.45) is 0 Å². The van der Waals surface area contributed by atoms with Gasteiger partial charge in [0.25, 0.3) is 0 Å². The first-order valence-electron chi connectivity index (χ1n) is 13.8. The van der Waals surface area contributed by atoms with Crippen LogP contribution in [0.4, 0.5) is 0 Å². The van der Waals surface area contributed by atoms with Crippen molar-refractivity contribution in [2.75, 3.05) is 0 Å². The Labute approximate surface area is 233 Å². The molecule has 0 N–H and O–H groups in total. The van der Waals surface area contributed by atoms with Gasteiger partial charge in [0.05, 0.1) is 22.4 Å². The van der Waals surface area contributed by atoms with Crippen LogP contribution in [0, 0.1) is 0 Å². The van der Waals surface area contributed by atoms with Crippen molar-refractivity contribution in [3.05, 3.63) is 133 Å². The van der Waals surface area contributed by atoms with Gasteiger partial charge in [-0.2, -0.15) is 0 Å². The molecule has 190 valence electrons. The highest BCUT2D eigenvalue weighted by molar-refractivity contribution is 6.09. The zero-order valence-electron chi connectivity index (χ0n) is 22.5. The number of fused-ring (bicyclic) bond motifs is 5. The summed E-state index contributed by atoms with van der Waals surface area (Å²) in [6.45, 7) is 4.46. The van der Waals surface area contributed by atoms with Crippen LogP contribution in [0.3, 0.4) is 0 Å². The molecule has 0 saturated carbocycles. The number of hydrogen-bond acceptors (Lipinski definition) is 2. The van der Waals surface area contributed by atoms with Crippen LogP contribution in [-0.2, 0) is 5.41 Å². The van der Waals surface area contributed by atoms with Gasteiger partial charge in [-0.05, 0) is 46.2 Å². The molecule has 0 bridgehead atoms. The lowest BCUT2D eigenvalue weighted by Gasteiger charge is -2.20. The Bertz CT molecular complexity index is 2090. The number of aromatic nitrogens is 3. The molecular formula is C37H27N3. The number of rotatable bonds is 3. The Kier molecular flexibility index (Phi) is 4.86. The van der Waals surface area contributed by atoms with Crippen molar-refractivity contribution in [2.45, 2.75) is 19.3 Å². The predicted molar refractivity (Wildman–Crippen MR) is 167 cm³/mol. The Balaban J connectivity index is 1.37. The molecule has 0 aliphatic heterocycles. The summed E-state index contributed by atoms with van der Waals surface area (Å²) in [6, 6.07) is 41.0. The van der Waals surface area contributed by atoms with Crippen LogP contribution < -0.4 is 0 Å². The minimum atomic E-state index is -0.184. The van der Waals surface area contributed by atoms with E-state index in [-0.39, 0.29) is 5.41 Å². The van der Waals surface area contributed by atoms with E-state index in [0.29, 0.717) is 5.95 Å². The number of allylic oxidation sites excluding steroid dienone is 1. The minimum absolute atomic E-state index is 0.184. The standard InChI is InChI=1S/C37H27N3/c1-37(2)21-20-31-34(28-13-9-12-26(23-28)27-19-18-24-10-3-4-11-25(24)22-27)38-36(39-35(31)37)40-32-16-7-5-14-29(32)30-15-6-8-17-33(30)40/h3-23H,1-2H3. The van der Waals surface area contributed by atoms with Crippen LogP contribution in [0.5, 0.6) is 0 Å². The van der Waals surface area contributed by atoms with Crippen molar-refractivity contribution < 1.29 is 0 Å².